The van der Waals surface area contributed by atoms with Crippen LogP contribution in [0.3, 0.4) is 0 Å². The number of thioether (sulfide) groups is 1. The molecule has 0 amide bonds. The normalized spacial score (nSPS) is 17.7. The van der Waals surface area contributed by atoms with E-state index in [2.05, 4.69) is 28.8 Å². The predicted octanol–water partition coefficient (Wildman–Crippen LogP) is 4.91. The van der Waals surface area contributed by atoms with Crippen LogP contribution in [0.25, 0.3) is 21.1 Å². The molecular weight excluding hydrogens is 388 g/mol. The van der Waals surface area contributed by atoms with Crippen molar-refractivity contribution in [3.63, 3.8) is 0 Å². The van der Waals surface area contributed by atoms with Gasteiger partial charge in [0, 0.05) is 10.3 Å². The van der Waals surface area contributed by atoms with Crippen molar-refractivity contribution in [2.24, 2.45) is 5.92 Å². The third kappa shape index (κ3) is 3.02. The first-order chi connectivity index (χ1) is 13.6. The Morgan fingerprint density at radius 2 is 2.14 bits per heavy atom. The summed E-state index contributed by atoms with van der Waals surface area (Å²) in [6.45, 7) is 4.34. The van der Waals surface area contributed by atoms with E-state index in [9.17, 15) is 4.79 Å². The van der Waals surface area contributed by atoms with Crippen molar-refractivity contribution in [1.82, 2.24) is 19.9 Å². The van der Waals surface area contributed by atoms with Crippen LogP contribution in [0.5, 0.6) is 0 Å². The Kier molecular flexibility index (Phi) is 4.44. The van der Waals surface area contributed by atoms with Gasteiger partial charge in [-0.1, -0.05) is 36.9 Å². The molecule has 5 nitrogen and oxygen atoms in total. The van der Waals surface area contributed by atoms with Crippen molar-refractivity contribution in [2.45, 2.75) is 43.4 Å². The van der Waals surface area contributed by atoms with Gasteiger partial charge in [0.15, 0.2) is 0 Å². The number of H-pyrrole nitrogens is 1. The maximum Gasteiger partial charge on any atom is 0.259 e. The van der Waals surface area contributed by atoms with Crippen molar-refractivity contribution in [2.75, 3.05) is 0 Å². The van der Waals surface area contributed by atoms with Gasteiger partial charge in [-0.25, -0.2) is 15.0 Å². The van der Waals surface area contributed by atoms with Gasteiger partial charge in [-0.05, 0) is 43.7 Å². The Bertz CT molecular complexity index is 1240. The molecular formula is C21H20N4OS2. The van der Waals surface area contributed by atoms with Crippen molar-refractivity contribution < 1.29 is 0 Å². The Hall–Kier alpha value is -2.25. The molecule has 0 bridgehead atoms. The molecule has 1 aromatic carbocycles. The highest BCUT2D eigenvalue weighted by Crippen LogP contribution is 2.38. The van der Waals surface area contributed by atoms with E-state index in [0.29, 0.717) is 11.7 Å². The minimum Gasteiger partial charge on any atom is -0.309 e. The number of hydrogen-bond donors (Lipinski definition) is 1. The second kappa shape index (κ2) is 6.97. The zero-order chi connectivity index (χ0) is 19.3. The predicted molar refractivity (Wildman–Crippen MR) is 115 cm³/mol. The number of benzene rings is 1. The van der Waals surface area contributed by atoms with Gasteiger partial charge in [0.1, 0.15) is 22.0 Å². The highest BCUT2D eigenvalue weighted by molar-refractivity contribution is 7.99. The first-order valence-corrected chi connectivity index (χ1v) is 11.2. The van der Waals surface area contributed by atoms with E-state index in [1.54, 1.807) is 29.4 Å². The summed E-state index contributed by atoms with van der Waals surface area (Å²) >= 11 is 3.29. The second-order valence-corrected chi connectivity index (χ2v) is 9.85. The van der Waals surface area contributed by atoms with Crippen LogP contribution in [0.15, 0.2) is 40.4 Å². The number of nitrogens with zero attached hydrogens (tertiary/aromatic N) is 3. The van der Waals surface area contributed by atoms with Crippen LogP contribution in [0.1, 0.15) is 41.8 Å². The molecule has 1 aliphatic carbocycles. The molecule has 0 aliphatic heterocycles. The molecule has 0 saturated carbocycles. The molecule has 0 spiro atoms. The number of rotatable bonds is 3. The van der Waals surface area contributed by atoms with Crippen LogP contribution in [-0.4, -0.2) is 19.9 Å². The summed E-state index contributed by atoms with van der Waals surface area (Å²) in [5.74, 6) is 1.39. The standard InChI is InChI=1S/C21H20N4OS2/c1-11-7-8-14-16(9-11)28-21-17(14)19(26)24-18(25-21)12(2)27-20-13-5-3-4-6-15(13)22-10-23-20/h3-6,10-12H,7-9H2,1-2H3,(H,24,25,26)/t11-,12+/m1/s1. The number of thiophene rings is 1. The summed E-state index contributed by atoms with van der Waals surface area (Å²) in [4.78, 5) is 31.7. The lowest BCUT2D eigenvalue weighted by atomic mass is 9.89. The Labute approximate surface area is 170 Å². The number of para-hydroxylation sites is 1. The smallest absolute Gasteiger partial charge is 0.259 e. The number of aromatic nitrogens is 4. The molecule has 1 aliphatic rings. The molecule has 0 saturated heterocycles. The number of aromatic amines is 1. The highest BCUT2D eigenvalue weighted by Gasteiger charge is 2.24. The number of nitrogens with one attached hydrogen (secondary N) is 1. The maximum atomic E-state index is 12.9. The van der Waals surface area contributed by atoms with Gasteiger partial charge in [0.05, 0.1) is 16.2 Å². The fourth-order valence-electron chi connectivity index (χ4n) is 3.86. The molecule has 7 heteroatoms. The zero-order valence-corrected chi connectivity index (χ0v) is 17.4. The van der Waals surface area contributed by atoms with E-state index < -0.39 is 0 Å². The minimum absolute atomic E-state index is 0.00736. The van der Waals surface area contributed by atoms with E-state index in [4.69, 9.17) is 4.98 Å². The van der Waals surface area contributed by atoms with Gasteiger partial charge in [0.25, 0.3) is 5.56 Å². The first-order valence-electron chi connectivity index (χ1n) is 9.51. The van der Waals surface area contributed by atoms with Gasteiger partial charge >= 0.3 is 0 Å². The van der Waals surface area contributed by atoms with Crippen LogP contribution in [0.4, 0.5) is 0 Å². The van der Waals surface area contributed by atoms with E-state index in [0.717, 1.165) is 45.4 Å². The highest BCUT2D eigenvalue weighted by atomic mass is 32.2. The summed E-state index contributed by atoms with van der Waals surface area (Å²) < 4.78 is 0. The van der Waals surface area contributed by atoms with Crippen LogP contribution in [0.2, 0.25) is 0 Å². The zero-order valence-electron chi connectivity index (χ0n) is 15.7. The van der Waals surface area contributed by atoms with Gasteiger partial charge in [-0.2, -0.15) is 0 Å². The summed E-state index contributed by atoms with van der Waals surface area (Å²) in [6.07, 6.45) is 4.78. The average molecular weight is 409 g/mol. The van der Waals surface area contributed by atoms with Crippen molar-refractivity contribution in [3.05, 3.63) is 57.2 Å². The molecule has 3 aromatic heterocycles. The summed E-state index contributed by atoms with van der Waals surface area (Å²) in [5, 5.41) is 2.71. The lowest BCUT2D eigenvalue weighted by Gasteiger charge is -2.17. The quantitative estimate of drug-likeness (QED) is 0.385. The molecule has 142 valence electrons. The molecule has 4 aromatic rings. The van der Waals surface area contributed by atoms with E-state index in [1.807, 2.05) is 24.3 Å². The third-order valence-electron chi connectivity index (χ3n) is 5.36. The van der Waals surface area contributed by atoms with Crippen molar-refractivity contribution in [1.29, 1.82) is 0 Å². The van der Waals surface area contributed by atoms with Crippen molar-refractivity contribution in [3.8, 4) is 0 Å². The van der Waals surface area contributed by atoms with E-state index >= 15 is 0 Å². The largest absolute Gasteiger partial charge is 0.309 e. The Morgan fingerprint density at radius 1 is 1.29 bits per heavy atom. The third-order valence-corrected chi connectivity index (χ3v) is 7.64. The molecule has 28 heavy (non-hydrogen) atoms. The van der Waals surface area contributed by atoms with Crippen molar-refractivity contribution >= 4 is 44.2 Å². The topological polar surface area (TPSA) is 71.5 Å². The molecule has 1 N–H and O–H groups in total. The Morgan fingerprint density at radius 3 is 3.04 bits per heavy atom. The van der Waals surface area contributed by atoms with Gasteiger partial charge in [0.2, 0.25) is 0 Å². The average Bonchev–Trinajstić information content (AvgIpc) is 3.06. The number of aryl methyl sites for hydroxylation is 1. The van der Waals surface area contributed by atoms with Gasteiger partial charge < -0.3 is 4.98 Å². The SMILES string of the molecule is C[C@@H]1CCc2c(sc3nc([C@H](C)Sc4ncnc5ccccc45)[nH]c(=O)c23)C1. The molecule has 0 radical (unpaired) electrons. The molecule has 0 fully saturated rings. The molecule has 3 heterocycles. The molecule has 0 unspecified atom stereocenters. The molecule has 2 atom stereocenters. The van der Waals surface area contributed by atoms with Gasteiger partial charge in [-0.3, -0.25) is 4.79 Å². The first kappa shape index (κ1) is 17.8. The molecule has 5 rings (SSSR count). The van der Waals surface area contributed by atoms with Crippen LogP contribution in [-0.2, 0) is 12.8 Å². The Balaban J connectivity index is 1.53. The number of fused-ring (bicyclic) bond motifs is 4. The van der Waals surface area contributed by atoms with Gasteiger partial charge in [-0.15, -0.1) is 11.3 Å². The van der Waals surface area contributed by atoms with Crippen LogP contribution >= 0.6 is 23.1 Å². The van der Waals surface area contributed by atoms with E-state index in [1.165, 1.54) is 10.4 Å². The maximum absolute atomic E-state index is 12.9. The summed E-state index contributed by atoms with van der Waals surface area (Å²) in [7, 11) is 0. The van der Waals surface area contributed by atoms with Crippen LogP contribution in [0, 0.1) is 5.92 Å². The monoisotopic (exact) mass is 408 g/mol. The van der Waals surface area contributed by atoms with E-state index in [-0.39, 0.29) is 10.8 Å². The lowest BCUT2D eigenvalue weighted by molar-refractivity contribution is 0.509. The summed E-state index contributed by atoms with van der Waals surface area (Å²) in [5.41, 5.74) is 2.14. The lowest BCUT2D eigenvalue weighted by Crippen LogP contribution is -2.15. The van der Waals surface area contributed by atoms with Crippen LogP contribution < -0.4 is 5.56 Å². The fourth-order valence-corrected chi connectivity index (χ4v) is 6.21. The summed E-state index contributed by atoms with van der Waals surface area (Å²) in [6, 6.07) is 7.97. The number of hydrogen-bond acceptors (Lipinski definition) is 6. The fraction of sp³-hybridized carbons (Fsp3) is 0.333. The minimum atomic E-state index is -0.0199. The second-order valence-electron chi connectivity index (χ2n) is 7.44.